The summed E-state index contributed by atoms with van der Waals surface area (Å²) in [4.78, 5) is 0. The SMILES string of the molecule is CCC[N+](C)(CCC)c1ccccc1. The first-order valence-electron chi connectivity index (χ1n) is 5.63. The molecule has 1 aromatic carbocycles. The van der Waals surface area contributed by atoms with Gasteiger partial charge in [-0.1, -0.05) is 32.0 Å². The summed E-state index contributed by atoms with van der Waals surface area (Å²) >= 11 is 0. The summed E-state index contributed by atoms with van der Waals surface area (Å²) in [5.74, 6) is 0. The Kier molecular flexibility index (Phi) is 4.15. The molecule has 0 aliphatic carbocycles. The van der Waals surface area contributed by atoms with Gasteiger partial charge in [-0.3, -0.25) is 4.48 Å². The van der Waals surface area contributed by atoms with Crippen LogP contribution >= 0.6 is 0 Å². The Morgan fingerprint density at radius 2 is 1.43 bits per heavy atom. The minimum Gasteiger partial charge on any atom is -0.294 e. The van der Waals surface area contributed by atoms with Crippen molar-refractivity contribution in [3.05, 3.63) is 30.3 Å². The van der Waals surface area contributed by atoms with Gasteiger partial charge in [-0.15, -0.1) is 0 Å². The summed E-state index contributed by atoms with van der Waals surface area (Å²) < 4.78 is 1.08. The van der Waals surface area contributed by atoms with Crippen molar-refractivity contribution in [3.63, 3.8) is 0 Å². The van der Waals surface area contributed by atoms with Crippen molar-refractivity contribution in [2.75, 3.05) is 20.1 Å². The van der Waals surface area contributed by atoms with Gasteiger partial charge in [0.05, 0.1) is 20.1 Å². The van der Waals surface area contributed by atoms with Gasteiger partial charge in [0.15, 0.2) is 0 Å². The average Bonchev–Trinajstić information content (AvgIpc) is 2.20. The molecule has 0 saturated heterocycles. The quantitative estimate of drug-likeness (QED) is 0.627. The zero-order chi connectivity index (χ0) is 10.4. The van der Waals surface area contributed by atoms with Crippen molar-refractivity contribution in [3.8, 4) is 0 Å². The maximum atomic E-state index is 2.34. The smallest absolute Gasteiger partial charge is 0.132 e. The summed E-state index contributed by atoms with van der Waals surface area (Å²) in [7, 11) is 2.34. The van der Waals surface area contributed by atoms with Crippen LogP contribution in [0.3, 0.4) is 0 Å². The van der Waals surface area contributed by atoms with Crippen LogP contribution in [0.4, 0.5) is 5.69 Å². The molecule has 0 bridgehead atoms. The van der Waals surface area contributed by atoms with Crippen LogP contribution in [-0.4, -0.2) is 20.1 Å². The van der Waals surface area contributed by atoms with Crippen molar-refractivity contribution < 1.29 is 0 Å². The Balaban J connectivity index is 2.87. The molecule has 0 radical (unpaired) electrons. The second kappa shape index (κ2) is 5.16. The third-order valence-corrected chi connectivity index (χ3v) is 2.81. The predicted molar refractivity (Wildman–Crippen MR) is 64.5 cm³/mol. The van der Waals surface area contributed by atoms with Gasteiger partial charge >= 0.3 is 0 Å². The molecule has 78 valence electrons. The first kappa shape index (κ1) is 11.3. The van der Waals surface area contributed by atoms with Crippen LogP contribution in [0.25, 0.3) is 0 Å². The molecule has 0 aliphatic heterocycles. The molecule has 0 unspecified atom stereocenters. The van der Waals surface area contributed by atoms with Crippen molar-refractivity contribution in [2.45, 2.75) is 26.7 Å². The normalized spacial score (nSPS) is 11.6. The van der Waals surface area contributed by atoms with E-state index < -0.39 is 0 Å². The zero-order valence-corrected chi connectivity index (χ0v) is 9.66. The van der Waals surface area contributed by atoms with E-state index in [-0.39, 0.29) is 0 Å². The fourth-order valence-corrected chi connectivity index (χ4v) is 2.14. The van der Waals surface area contributed by atoms with Crippen LogP contribution in [0.15, 0.2) is 30.3 Å². The van der Waals surface area contributed by atoms with E-state index in [2.05, 4.69) is 51.2 Å². The number of nitrogens with zero attached hydrogens (tertiary/aromatic N) is 1. The molecular formula is C13H22N+. The number of quaternary nitrogens is 1. The molecule has 0 N–H and O–H groups in total. The summed E-state index contributed by atoms with van der Waals surface area (Å²) in [5, 5.41) is 0. The van der Waals surface area contributed by atoms with Crippen molar-refractivity contribution >= 4 is 5.69 Å². The monoisotopic (exact) mass is 192 g/mol. The average molecular weight is 192 g/mol. The van der Waals surface area contributed by atoms with Crippen LogP contribution in [0.5, 0.6) is 0 Å². The largest absolute Gasteiger partial charge is 0.294 e. The fourth-order valence-electron chi connectivity index (χ4n) is 2.14. The first-order valence-corrected chi connectivity index (χ1v) is 5.63. The Morgan fingerprint density at radius 1 is 0.929 bits per heavy atom. The second-order valence-electron chi connectivity index (χ2n) is 4.18. The van der Waals surface area contributed by atoms with Gasteiger partial charge in [-0.25, -0.2) is 0 Å². The molecule has 14 heavy (non-hydrogen) atoms. The van der Waals surface area contributed by atoms with Crippen LogP contribution < -0.4 is 4.48 Å². The highest BCUT2D eigenvalue weighted by atomic mass is 15.3. The van der Waals surface area contributed by atoms with Crippen molar-refractivity contribution in [2.24, 2.45) is 0 Å². The molecule has 0 heterocycles. The van der Waals surface area contributed by atoms with E-state index in [0.717, 1.165) is 4.48 Å². The number of hydrogen-bond donors (Lipinski definition) is 0. The Morgan fingerprint density at radius 3 is 1.86 bits per heavy atom. The topological polar surface area (TPSA) is 0 Å². The van der Waals surface area contributed by atoms with E-state index in [4.69, 9.17) is 0 Å². The zero-order valence-electron chi connectivity index (χ0n) is 9.66. The molecule has 0 atom stereocenters. The summed E-state index contributed by atoms with van der Waals surface area (Å²) in [5.41, 5.74) is 1.44. The van der Waals surface area contributed by atoms with Gasteiger partial charge in [0.1, 0.15) is 5.69 Å². The lowest BCUT2D eigenvalue weighted by atomic mass is 10.2. The molecule has 1 rings (SSSR count). The second-order valence-corrected chi connectivity index (χ2v) is 4.18. The van der Waals surface area contributed by atoms with E-state index in [1.54, 1.807) is 0 Å². The van der Waals surface area contributed by atoms with E-state index in [1.165, 1.54) is 31.6 Å². The van der Waals surface area contributed by atoms with Gasteiger partial charge in [0.2, 0.25) is 0 Å². The van der Waals surface area contributed by atoms with Crippen LogP contribution in [-0.2, 0) is 0 Å². The van der Waals surface area contributed by atoms with Gasteiger partial charge in [0.25, 0.3) is 0 Å². The Hall–Kier alpha value is -0.820. The molecule has 0 amide bonds. The van der Waals surface area contributed by atoms with Gasteiger partial charge in [0, 0.05) is 0 Å². The first-order chi connectivity index (χ1) is 6.73. The van der Waals surface area contributed by atoms with Gasteiger partial charge in [-0.2, -0.15) is 0 Å². The highest BCUT2D eigenvalue weighted by Gasteiger charge is 2.21. The third kappa shape index (κ3) is 2.58. The molecule has 0 fully saturated rings. The summed E-state index contributed by atoms with van der Waals surface area (Å²) in [6, 6.07) is 10.8. The van der Waals surface area contributed by atoms with E-state index in [9.17, 15) is 0 Å². The lowest BCUT2D eigenvalue weighted by molar-refractivity contribution is 0.330. The molecule has 1 nitrogen and oxygen atoms in total. The minimum absolute atomic E-state index is 1.08. The van der Waals surface area contributed by atoms with E-state index >= 15 is 0 Å². The maximum Gasteiger partial charge on any atom is 0.132 e. The van der Waals surface area contributed by atoms with Crippen molar-refractivity contribution in [1.29, 1.82) is 0 Å². The van der Waals surface area contributed by atoms with Crippen molar-refractivity contribution in [1.82, 2.24) is 4.48 Å². The van der Waals surface area contributed by atoms with Gasteiger partial charge < -0.3 is 0 Å². The standard InChI is InChI=1S/C13H22N/c1-4-11-14(3,12-5-2)13-9-7-6-8-10-13/h6-10H,4-5,11-12H2,1-3H3/q+1. The lowest BCUT2D eigenvalue weighted by Gasteiger charge is -2.33. The summed E-state index contributed by atoms with van der Waals surface area (Å²) in [6.45, 7) is 6.99. The van der Waals surface area contributed by atoms with Gasteiger partial charge in [-0.05, 0) is 25.0 Å². The molecule has 0 spiro atoms. The Labute approximate surface area is 88.0 Å². The molecule has 1 aromatic rings. The molecule has 0 aliphatic rings. The molecule has 1 heteroatoms. The number of para-hydroxylation sites is 1. The maximum absolute atomic E-state index is 2.34. The predicted octanol–water partition coefficient (Wildman–Crippen LogP) is 3.44. The number of hydrogen-bond acceptors (Lipinski definition) is 0. The van der Waals surface area contributed by atoms with Crippen LogP contribution in [0.1, 0.15) is 26.7 Å². The van der Waals surface area contributed by atoms with E-state index in [1.807, 2.05) is 0 Å². The number of rotatable bonds is 5. The molecule has 0 aromatic heterocycles. The highest BCUT2D eigenvalue weighted by Crippen LogP contribution is 2.21. The number of benzene rings is 1. The lowest BCUT2D eigenvalue weighted by Crippen LogP contribution is -2.46. The molecular weight excluding hydrogens is 170 g/mol. The van der Waals surface area contributed by atoms with Crippen LogP contribution in [0.2, 0.25) is 0 Å². The summed E-state index contributed by atoms with van der Waals surface area (Å²) in [6.07, 6.45) is 2.48. The highest BCUT2D eigenvalue weighted by molar-refractivity contribution is 5.41. The third-order valence-electron chi connectivity index (χ3n) is 2.81. The fraction of sp³-hybridized carbons (Fsp3) is 0.538. The Bertz CT molecular complexity index is 247. The van der Waals surface area contributed by atoms with E-state index in [0.29, 0.717) is 0 Å². The molecule has 0 saturated carbocycles. The minimum atomic E-state index is 1.08. The van der Waals surface area contributed by atoms with Crippen LogP contribution in [0, 0.1) is 0 Å².